The average Bonchev–Trinajstić information content (AvgIpc) is 3.52. The van der Waals surface area contributed by atoms with Gasteiger partial charge >= 0.3 is 5.97 Å². The largest absolute Gasteiger partial charge is 0.493 e. The van der Waals surface area contributed by atoms with E-state index in [0.717, 1.165) is 17.5 Å². The van der Waals surface area contributed by atoms with Gasteiger partial charge in [-0.1, -0.05) is 36.4 Å². The summed E-state index contributed by atoms with van der Waals surface area (Å²) in [5, 5.41) is 5.28. The third kappa shape index (κ3) is 4.14. The third-order valence-corrected chi connectivity index (χ3v) is 6.36. The number of anilines is 1. The molecule has 0 spiro atoms. The molecule has 7 heteroatoms. The van der Waals surface area contributed by atoms with E-state index < -0.39 is 5.97 Å². The summed E-state index contributed by atoms with van der Waals surface area (Å²) in [6.07, 6.45) is 0.803. The van der Waals surface area contributed by atoms with Gasteiger partial charge in [-0.25, -0.2) is 4.79 Å². The van der Waals surface area contributed by atoms with Gasteiger partial charge in [-0.15, -0.1) is 11.3 Å². The van der Waals surface area contributed by atoms with Gasteiger partial charge in [0, 0.05) is 16.9 Å². The molecule has 1 amide bonds. The molecule has 0 radical (unpaired) electrons. The molecule has 0 unspecified atom stereocenters. The zero-order valence-electron chi connectivity index (χ0n) is 17.5. The van der Waals surface area contributed by atoms with E-state index >= 15 is 0 Å². The molecule has 0 aliphatic heterocycles. The maximum atomic E-state index is 12.9. The molecule has 0 bridgehead atoms. The van der Waals surface area contributed by atoms with Crippen LogP contribution in [0.25, 0.3) is 11.1 Å². The number of hydrogen-bond acceptors (Lipinski definition) is 6. The van der Waals surface area contributed by atoms with E-state index in [2.05, 4.69) is 5.32 Å². The fourth-order valence-corrected chi connectivity index (χ4v) is 4.69. The number of carbonyl (C=O) groups excluding carboxylic acids is 2. The molecule has 1 fully saturated rings. The number of ether oxygens (including phenoxy) is 3. The maximum absolute atomic E-state index is 12.9. The van der Waals surface area contributed by atoms with Crippen molar-refractivity contribution in [3.63, 3.8) is 0 Å². The van der Waals surface area contributed by atoms with Crippen molar-refractivity contribution < 1.29 is 23.8 Å². The van der Waals surface area contributed by atoms with Crippen LogP contribution in [-0.4, -0.2) is 33.2 Å². The number of benzene rings is 2. The maximum Gasteiger partial charge on any atom is 0.341 e. The Balaban J connectivity index is 1.60. The van der Waals surface area contributed by atoms with Crippen molar-refractivity contribution in [2.24, 2.45) is 5.92 Å². The Labute approximate surface area is 184 Å². The molecule has 1 aromatic heterocycles. The lowest BCUT2D eigenvalue weighted by molar-refractivity contribution is -0.117. The Bertz CT molecular complexity index is 1110. The highest BCUT2D eigenvalue weighted by Gasteiger charge is 2.44. The van der Waals surface area contributed by atoms with Gasteiger partial charge in [0.05, 0.1) is 21.3 Å². The molecule has 1 aliphatic carbocycles. The van der Waals surface area contributed by atoms with Crippen LogP contribution in [0.2, 0.25) is 0 Å². The highest BCUT2D eigenvalue weighted by atomic mass is 32.1. The second kappa shape index (κ2) is 8.81. The summed E-state index contributed by atoms with van der Waals surface area (Å²) in [6.45, 7) is 0. The first kappa shape index (κ1) is 20.9. The number of methoxy groups -OCH3 is 3. The molecule has 1 heterocycles. The molecule has 2 aromatic carbocycles. The van der Waals surface area contributed by atoms with Crippen LogP contribution < -0.4 is 14.8 Å². The minimum absolute atomic E-state index is 0.0836. The Hall–Kier alpha value is -3.32. The smallest absolute Gasteiger partial charge is 0.341 e. The summed E-state index contributed by atoms with van der Waals surface area (Å²) in [4.78, 5) is 25.5. The summed E-state index contributed by atoms with van der Waals surface area (Å²) >= 11 is 1.30. The Kier molecular flexibility index (Phi) is 5.95. The minimum atomic E-state index is -0.503. The monoisotopic (exact) mass is 437 g/mol. The highest BCUT2D eigenvalue weighted by molar-refractivity contribution is 7.15. The van der Waals surface area contributed by atoms with Gasteiger partial charge in [0.25, 0.3) is 0 Å². The van der Waals surface area contributed by atoms with Gasteiger partial charge in [0.1, 0.15) is 10.6 Å². The first-order valence-electron chi connectivity index (χ1n) is 9.85. The fourth-order valence-electron chi connectivity index (χ4n) is 3.73. The lowest BCUT2D eigenvalue weighted by Gasteiger charge is -2.11. The molecule has 6 nitrogen and oxygen atoms in total. The van der Waals surface area contributed by atoms with Crippen LogP contribution in [0.1, 0.15) is 28.3 Å². The second-order valence-electron chi connectivity index (χ2n) is 7.26. The van der Waals surface area contributed by atoms with E-state index in [-0.39, 0.29) is 17.7 Å². The van der Waals surface area contributed by atoms with Crippen LogP contribution in [0.15, 0.2) is 53.9 Å². The SMILES string of the molecule is COC(=O)c1c(-c2ccc(OC)c(OC)c2)csc1NC(=O)[C@@H]1C[C@H]1c1ccccc1. The summed E-state index contributed by atoms with van der Waals surface area (Å²) in [5.41, 5.74) is 2.94. The van der Waals surface area contributed by atoms with Gasteiger partial charge in [0.15, 0.2) is 11.5 Å². The van der Waals surface area contributed by atoms with Crippen molar-refractivity contribution in [2.75, 3.05) is 26.6 Å². The number of nitrogens with one attached hydrogen (secondary N) is 1. The van der Waals surface area contributed by atoms with Gasteiger partial charge in [0.2, 0.25) is 5.91 Å². The molecular weight excluding hydrogens is 414 g/mol. The Morgan fingerprint density at radius 1 is 1.00 bits per heavy atom. The van der Waals surface area contributed by atoms with Gasteiger partial charge in [-0.2, -0.15) is 0 Å². The first-order chi connectivity index (χ1) is 15.1. The third-order valence-electron chi connectivity index (χ3n) is 5.47. The normalized spacial score (nSPS) is 17.0. The molecule has 1 saturated carbocycles. The second-order valence-corrected chi connectivity index (χ2v) is 8.14. The number of amides is 1. The molecule has 160 valence electrons. The van der Waals surface area contributed by atoms with Crippen LogP contribution >= 0.6 is 11.3 Å². The minimum Gasteiger partial charge on any atom is -0.493 e. The van der Waals surface area contributed by atoms with Crippen molar-refractivity contribution in [3.8, 4) is 22.6 Å². The van der Waals surface area contributed by atoms with Crippen molar-refractivity contribution in [1.29, 1.82) is 0 Å². The van der Waals surface area contributed by atoms with E-state index in [4.69, 9.17) is 14.2 Å². The fraction of sp³-hybridized carbons (Fsp3) is 0.250. The van der Waals surface area contributed by atoms with Crippen molar-refractivity contribution in [3.05, 3.63) is 65.0 Å². The van der Waals surface area contributed by atoms with Crippen molar-refractivity contribution in [1.82, 2.24) is 0 Å². The van der Waals surface area contributed by atoms with Crippen molar-refractivity contribution in [2.45, 2.75) is 12.3 Å². The van der Waals surface area contributed by atoms with Gasteiger partial charge in [-0.3, -0.25) is 4.79 Å². The van der Waals surface area contributed by atoms with Gasteiger partial charge in [-0.05, 0) is 35.6 Å². The lowest BCUT2D eigenvalue weighted by Crippen LogP contribution is -2.16. The summed E-state index contributed by atoms with van der Waals surface area (Å²) < 4.78 is 15.7. The molecule has 0 saturated heterocycles. The lowest BCUT2D eigenvalue weighted by atomic mass is 10.0. The predicted molar refractivity (Wildman–Crippen MR) is 120 cm³/mol. The molecule has 1 N–H and O–H groups in total. The molecule has 3 aromatic rings. The van der Waals surface area contributed by atoms with Crippen LogP contribution in [0.3, 0.4) is 0 Å². The van der Waals surface area contributed by atoms with Crippen LogP contribution in [0.5, 0.6) is 11.5 Å². The average molecular weight is 438 g/mol. The van der Waals surface area contributed by atoms with E-state index in [0.29, 0.717) is 27.6 Å². The zero-order chi connectivity index (χ0) is 22.0. The van der Waals surface area contributed by atoms with E-state index in [1.54, 1.807) is 26.4 Å². The zero-order valence-corrected chi connectivity index (χ0v) is 18.3. The quantitative estimate of drug-likeness (QED) is 0.529. The summed E-state index contributed by atoms with van der Waals surface area (Å²) in [5.74, 6) is 0.677. The number of esters is 1. The molecule has 4 rings (SSSR count). The highest BCUT2D eigenvalue weighted by Crippen LogP contribution is 2.48. The standard InChI is InChI=1S/C24H23NO5S/c1-28-19-10-9-15(11-20(19)29-2)18-13-31-23(21(18)24(27)30-3)25-22(26)17-12-16(17)14-7-5-4-6-8-14/h4-11,13,16-17H,12H2,1-3H3,(H,25,26)/t16-,17+/m0/s1. The molecule has 31 heavy (non-hydrogen) atoms. The number of carbonyl (C=O) groups is 2. The number of thiophene rings is 1. The number of rotatable bonds is 7. The summed E-state index contributed by atoms with van der Waals surface area (Å²) in [7, 11) is 4.45. The van der Waals surface area contributed by atoms with Gasteiger partial charge < -0.3 is 19.5 Å². The van der Waals surface area contributed by atoms with Crippen LogP contribution in [0, 0.1) is 5.92 Å². The van der Waals surface area contributed by atoms with Crippen molar-refractivity contribution >= 4 is 28.2 Å². The molecule has 1 aliphatic rings. The first-order valence-corrected chi connectivity index (χ1v) is 10.7. The van der Waals surface area contributed by atoms with Crippen LogP contribution in [-0.2, 0) is 9.53 Å². The molecular formula is C24H23NO5S. The number of hydrogen-bond donors (Lipinski definition) is 1. The summed E-state index contributed by atoms with van der Waals surface area (Å²) in [6, 6.07) is 15.4. The molecule has 2 atom stereocenters. The topological polar surface area (TPSA) is 73.9 Å². The van der Waals surface area contributed by atoms with E-state index in [9.17, 15) is 9.59 Å². The van der Waals surface area contributed by atoms with E-state index in [1.807, 2.05) is 41.8 Å². The Morgan fingerprint density at radius 3 is 2.42 bits per heavy atom. The predicted octanol–water partition coefficient (Wildman–Crippen LogP) is 4.96. The van der Waals surface area contributed by atoms with Crippen LogP contribution in [0.4, 0.5) is 5.00 Å². The Morgan fingerprint density at radius 2 is 1.74 bits per heavy atom. The van der Waals surface area contributed by atoms with E-state index in [1.165, 1.54) is 18.4 Å².